The molecule has 0 fully saturated rings. The lowest BCUT2D eigenvalue weighted by Crippen LogP contribution is -2.14. The second kappa shape index (κ2) is 5.24. The van der Waals surface area contributed by atoms with Crippen molar-refractivity contribution in [3.05, 3.63) is 53.9 Å². The molecule has 6 nitrogen and oxygen atoms in total. The maximum Gasteiger partial charge on any atom is 0.274 e. The summed E-state index contributed by atoms with van der Waals surface area (Å²) in [4.78, 5) is 20.9. The fourth-order valence-corrected chi connectivity index (χ4v) is 2.44. The molecule has 23 heavy (non-hydrogen) atoms. The summed E-state index contributed by atoms with van der Waals surface area (Å²) >= 11 is 0. The van der Waals surface area contributed by atoms with Gasteiger partial charge in [0.25, 0.3) is 5.91 Å². The second-order valence-electron chi connectivity index (χ2n) is 5.22. The van der Waals surface area contributed by atoms with E-state index in [0.717, 1.165) is 10.9 Å². The quantitative estimate of drug-likeness (QED) is 0.788. The molecule has 0 aliphatic carbocycles. The highest BCUT2D eigenvalue weighted by atomic mass is 16.7. The van der Waals surface area contributed by atoms with Crippen LogP contribution in [0.3, 0.4) is 0 Å². The molecule has 1 aliphatic rings. The fourth-order valence-electron chi connectivity index (χ4n) is 2.44. The molecular formula is C17H13N3O3. The van der Waals surface area contributed by atoms with Gasteiger partial charge >= 0.3 is 0 Å². The number of amides is 1. The van der Waals surface area contributed by atoms with Crippen LogP contribution >= 0.6 is 0 Å². The van der Waals surface area contributed by atoms with Gasteiger partial charge in [0.2, 0.25) is 6.79 Å². The van der Waals surface area contributed by atoms with E-state index in [4.69, 9.17) is 9.47 Å². The summed E-state index contributed by atoms with van der Waals surface area (Å²) < 4.78 is 10.7. The molecule has 1 aromatic carbocycles. The molecule has 0 radical (unpaired) electrons. The second-order valence-corrected chi connectivity index (χ2v) is 5.22. The van der Waals surface area contributed by atoms with Crippen LogP contribution in [-0.4, -0.2) is 22.7 Å². The van der Waals surface area contributed by atoms with Gasteiger partial charge in [-0.2, -0.15) is 0 Å². The smallest absolute Gasteiger partial charge is 0.274 e. The summed E-state index contributed by atoms with van der Waals surface area (Å²) in [7, 11) is 0. The van der Waals surface area contributed by atoms with Crippen molar-refractivity contribution >= 4 is 22.6 Å². The molecule has 1 amide bonds. The third-order valence-electron chi connectivity index (χ3n) is 3.66. The predicted octanol–water partition coefficient (Wildman–Crippen LogP) is 2.92. The first-order chi connectivity index (χ1) is 11.2. The van der Waals surface area contributed by atoms with Crippen molar-refractivity contribution in [3.8, 4) is 11.5 Å². The third kappa shape index (κ3) is 2.44. The van der Waals surface area contributed by atoms with E-state index >= 15 is 0 Å². The standard InChI is InChI=1S/C17H13N3O3/c1-10-7-14-15(23-9-22-14)8-13(10)20-17(21)12-5-4-11-3-2-6-18-16(11)19-12/h2-8H,9H2,1H3,(H,20,21). The van der Waals surface area contributed by atoms with E-state index in [1.165, 1.54) is 0 Å². The van der Waals surface area contributed by atoms with E-state index in [2.05, 4.69) is 15.3 Å². The fraction of sp³-hybridized carbons (Fsp3) is 0.118. The average molecular weight is 307 g/mol. The number of aryl methyl sites for hydroxylation is 1. The topological polar surface area (TPSA) is 73.3 Å². The van der Waals surface area contributed by atoms with E-state index < -0.39 is 0 Å². The number of hydrogen-bond donors (Lipinski definition) is 1. The molecule has 3 heterocycles. The molecule has 0 saturated carbocycles. The van der Waals surface area contributed by atoms with Gasteiger partial charge in [0, 0.05) is 23.3 Å². The molecule has 0 bridgehead atoms. The highest BCUT2D eigenvalue weighted by Crippen LogP contribution is 2.36. The average Bonchev–Trinajstić information content (AvgIpc) is 3.01. The first-order valence-corrected chi connectivity index (χ1v) is 7.14. The molecule has 114 valence electrons. The van der Waals surface area contributed by atoms with Crippen LogP contribution < -0.4 is 14.8 Å². The number of ether oxygens (including phenoxy) is 2. The zero-order valence-electron chi connectivity index (χ0n) is 12.4. The van der Waals surface area contributed by atoms with Crippen molar-refractivity contribution in [1.29, 1.82) is 0 Å². The highest BCUT2D eigenvalue weighted by Gasteiger charge is 2.17. The van der Waals surface area contributed by atoms with Gasteiger partial charge in [-0.3, -0.25) is 4.79 Å². The summed E-state index contributed by atoms with van der Waals surface area (Å²) in [5.41, 5.74) is 2.42. The number of benzene rings is 1. The molecule has 3 aromatic rings. The summed E-state index contributed by atoms with van der Waals surface area (Å²) in [5, 5.41) is 3.75. The van der Waals surface area contributed by atoms with Gasteiger partial charge in [-0.05, 0) is 42.8 Å². The minimum atomic E-state index is -0.292. The predicted molar refractivity (Wildman–Crippen MR) is 84.8 cm³/mol. The molecule has 6 heteroatoms. The first kappa shape index (κ1) is 13.5. The van der Waals surface area contributed by atoms with E-state index in [9.17, 15) is 4.79 Å². The van der Waals surface area contributed by atoms with Crippen molar-refractivity contribution in [3.63, 3.8) is 0 Å². The zero-order valence-corrected chi connectivity index (χ0v) is 12.4. The first-order valence-electron chi connectivity index (χ1n) is 7.14. The van der Waals surface area contributed by atoms with Gasteiger partial charge in [0.15, 0.2) is 17.1 Å². The molecule has 4 rings (SSSR count). The Bertz CT molecular complexity index is 924. The molecule has 0 spiro atoms. The number of hydrogen-bond acceptors (Lipinski definition) is 5. The number of anilines is 1. The number of pyridine rings is 2. The van der Waals surface area contributed by atoms with Crippen LogP contribution in [0.4, 0.5) is 5.69 Å². The van der Waals surface area contributed by atoms with Crippen molar-refractivity contribution in [2.75, 3.05) is 12.1 Å². The largest absolute Gasteiger partial charge is 0.454 e. The Morgan fingerprint density at radius 2 is 2.00 bits per heavy atom. The minimum absolute atomic E-state index is 0.198. The number of rotatable bonds is 2. The van der Waals surface area contributed by atoms with Crippen molar-refractivity contribution < 1.29 is 14.3 Å². The number of aromatic nitrogens is 2. The van der Waals surface area contributed by atoms with Gasteiger partial charge in [-0.25, -0.2) is 9.97 Å². The monoisotopic (exact) mass is 307 g/mol. The van der Waals surface area contributed by atoms with Gasteiger partial charge in [-0.1, -0.05) is 0 Å². The summed E-state index contributed by atoms with van der Waals surface area (Å²) in [6.45, 7) is 2.09. The molecule has 0 atom stereocenters. The van der Waals surface area contributed by atoms with Crippen LogP contribution in [-0.2, 0) is 0 Å². The van der Waals surface area contributed by atoms with Crippen molar-refractivity contribution in [2.24, 2.45) is 0 Å². The lowest BCUT2D eigenvalue weighted by molar-refractivity contribution is 0.102. The normalized spacial score (nSPS) is 12.4. The van der Waals surface area contributed by atoms with Crippen LogP contribution in [0.5, 0.6) is 11.5 Å². The molecule has 1 N–H and O–H groups in total. The van der Waals surface area contributed by atoms with Crippen LogP contribution in [0.2, 0.25) is 0 Å². The molecule has 0 unspecified atom stereocenters. The van der Waals surface area contributed by atoms with Gasteiger partial charge in [0.1, 0.15) is 5.69 Å². The Morgan fingerprint density at radius 3 is 2.87 bits per heavy atom. The highest BCUT2D eigenvalue weighted by molar-refractivity contribution is 6.04. The van der Waals surface area contributed by atoms with E-state index in [-0.39, 0.29) is 12.7 Å². The van der Waals surface area contributed by atoms with Gasteiger partial charge in [0.05, 0.1) is 0 Å². The Labute approximate surface area is 132 Å². The van der Waals surface area contributed by atoms with Gasteiger partial charge < -0.3 is 14.8 Å². The van der Waals surface area contributed by atoms with E-state index in [1.807, 2.05) is 31.2 Å². The summed E-state index contributed by atoms with van der Waals surface area (Å²) in [6.07, 6.45) is 1.65. The number of carbonyl (C=O) groups excluding carboxylic acids is 1. The van der Waals surface area contributed by atoms with Crippen LogP contribution in [0.1, 0.15) is 16.1 Å². The number of nitrogens with zero attached hydrogens (tertiary/aromatic N) is 2. The number of carbonyl (C=O) groups is 1. The summed E-state index contributed by atoms with van der Waals surface area (Å²) in [6, 6.07) is 10.8. The van der Waals surface area contributed by atoms with Gasteiger partial charge in [-0.15, -0.1) is 0 Å². The molecule has 2 aromatic heterocycles. The Kier molecular flexibility index (Phi) is 3.08. The molecule has 0 saturated heterocycles. The number of nitrogens with one attached hydrogen (secondary N) is 1. The zero-order chi connectivity index (χ0) is 15.8. The molecular weight excluding hydrogens is 294 g/mol. The Balaban J connectivity index is 1.64. The Hall–Kier alpha value is -3.15. The lowest BCUT2D eigenvalue weighted by Gasteiger charge is -2.09. The molecule has 1 aliphatic heterocycles. The van der Waals surface area contributed by atoms with Crippen molar-refractivity contribution in [1.82, 2.24) is 9.97 Å². The van der Waals surface area contributed by atoms with Crippen LogP contribution in [0, 0.1) is 6.92 Å². The SMILES string of the molecule is Cc1cc2c(cc1NC(=O)c1ccc3cccnc3n1)OCO2. The van der Waals surface area contributed by atoms with E-state index in [1.54, 1.807) is 18.3 Å². The van der Waals surface area contributed by atoms with E-state index in [0.29, 0.717) is 28.5 Å². The van der Waals surface area contributed by atoms with Crippen LogP contribution in [0.15, 0.2) is 42.6 Å². The minimum Gasteiger partial charge on any atom is -0.454 e. The third-order valence-corrected chi connectivity index (χ3v) is 3.66. The summed E-state index contributed by atoms with van der Waals surface area (Å²) in [5.74, 6) is 1.02. The van der Waals surface area contributed by atoms with Crippen molar-refractivity contribution in [2.45, 2.75) is 6.92 Å². The maximum atomic E-state index is 12.4. The van der Waals surface area contributed by atoms with Crippen LogP contribution in [0.25, 0.3) is 11.0 Å². The number of fused-ring (bicyclic) bond motifs is 2. The maximum absolute atomic E-state index is 12.4. The lowest BCUT2D eigenvalue weighted by atomic mass is 10.1. The Morgan fingerprint density at radius 1 is 1.17 bits per heavy atom.